The van der Waals surface area contributed by atoms with Crippen LogP contribution in [0.1, 0.15) is 35.7 Å². The summed E-state index contributed by atoms with van der Waals surface area (Å²) in [5.74, 6) is 1.72. The molecule has 0 spiro atoms. The fourth-order valence-electron chi connectivity index (χ4n) is 3.02. The second-order valence-corrected chi connectivity index (χ2v) is 6.02. The number of nitrogens with zero attached hydrogens (tertiary/aromatic N) is 1. The zero-order valence-electron chi connectivity index (χ0n) is 14.3. The van der Waals surface area contributed by atoms with Crippen LogP contribution in [0.3, 0.4) is 0 Å². The van der Waals surface area contributed by atoms with Crippen LogP contribution >= 0.6 is 12.4 Å². The highest BCUT2D eigenvalue weighted by Crippen LogP contribution is 2.30. The molecule has 1 amide bonds. The molecule has 2 atom stereocenters. The number of piperidine rings is 1. The molecule has 1 fully saturated rings. The van der Waals surface area contributed by atoms with Gasteiger partial charge in [-0.25, -0.2) is 0 Å². The molecule has 1 saturated heterocycles. The van der Waals surface area contributed by atoms with Crippen LogP contribution in [0.5, 0.6) is 11.5 Å². The van der Waals surface area contributed by atoms with Crippen LogP contribution in [0.2, 0.25) is 0 Å². The lowest BCUT2D eigenvalue weighted by molar-refractivity contribution is 0.0660. The Balaban J connectivity index is 0.00000264. The fourth-order valence-corrected chi connectivity index (χ4v) is 3.02. The Bertz CT molecular complexity index is 524. The van der Waals surface area contributed by atoms with E-state index in [1.54, 1.807) is 26.4 Å². The van der Waals surface area contributed by atoms with Gasteiger partial charge in [-0.1, -0.05) is 0 Å². The van der Waals surface area contributed by atoms with Crippen molar-refractivity contribution in [3.05, 3.63) is 23.3 Å². The second-order valence-electron chi connectivity index (χ2n) is 6.02. The first-order chi connectivity index (χ1) is 10.5. The second kappa shape index (κ2) is 8.41. The molecule has 0 saturated carbocycles. The predicted molar refractivity (Wildman–Crippen MR) is 93.8 cm³/mol. The number of amides is 1. The smallest absolute Gasteiger partial charge is 0.254 e. The standard InChI is InChI=1S/C17H26N2O3.ClH/c1-11-15(21-3)8-14(9-16(11)22-4)17(20)19-7-5-6-13(10-19)12(2)18;/h8-9,12-13H,5-7,10,18H2,1-4H3;1H. The van der Waals surface area contributed by atoms with Gasteiger partial charge in [-0.15, -0.1) is 12.4 Å². The largest absolute Gasteiger partial charge is 0.496 e. The van der Waals surface area contributed by atoms with Gasteiger partial charge in [0.25, 0.3) is 5.91 Å². The van der Waals surface area contributed by atoms with E-state index in [1.165, 1.54) is 0 Å². The van der Waals surface area contributed by atoms with Crippen LogP contribution in [-0.2, 0) is 0 Å². The average Bonchev–Trinajstić information content (AvgIpc) is 2.54. The normalized spacial score (nSPS) is 18.8. The number of carbonyl (C=O) groups excluding carboxylic acids is 1. The summed E-state index contributed by atoms with van der Waals surface area (Å²) in [5.41, 5.74) is 7.50. The molecule has 0 radical (unpaired) electrons. The summed E-state index contributed by atoms with van der Waals surface area (Å²) >= 11 is 0. The third kappa shape index (κ3) is 4.30. The van der Waals surface area contributed by atoms with Crippen molar-refractivity contribution in [2.75, 3.05) is 27.3 Å². The number of ether oxygens (including phenoxy) is 2. The molecule has 2 unspecified atom stereocenters. The Kier molecular flexibility index (Phi) is 7.16. The van der Waals surface area contributed by atoms with Gasteiger partial charge < -0.3 is 20.1 Å². The Morgan fingerprint density at radius 2 is 1.87 bits per heavy atom. The third-order valence-corrected chi connectivity index (χ3v) is 4.49. The van der Waals surface area contributed by atoms with Crippen molar-refractivity contribution in [2.24, 2.45) is 11.7 Å². The third-order valence-electron chi connectivity index (χ3n) is 4.49. The summed E-state index contributed by atoms with van der Waals surface area (Å²) in [5, 5.41) is 0. The Morgan fingerprint density at radius 1 is 1.30 bits per heavy atom. The van der Waals surface area contributed by atoms with E-state index >= 15 is 0 Å². The molecule has 2 N–H and O–H groups in total. The minimum Gasteiger partial charge on any atom is -0.496 e. The zero-order valence-corrected chi connectivity index (χ0v) is 15.1. The van der Waals surface area contributed by atoms with Gasteiger partial charge in [-0.05, 0) is 44.7 Å². The summed E-state index contributed by atoms with van der Waals surface area (Å²) in [4.78, 5) is 14.7. The van der Waals surface area contributed by atoms with Crippen LogP contribution in [0.25, 0.3) is 0 Å². The highest BCUT2D eigenvalue weighted by molar-refractivity contribution is 5.95. The van der Waals surface area contributed by atoms with Crippen molar-refractivity contribution in [1.29, 1.82) is 0 Å². The summed E-state index contributed by atoms with van der Waals surface area (Å²) in [7, 11) is 3.20. The molecule has 1 aliphatic rings. The summed E-state index contributed by atoms with van der Waals surface area (Å²) in [6.45, 7) is 5.42. The molecular formula is C17H27ClN2O3. The quantitative estimate of drug-likeness (QED) is 0.913. The molecule has 130 valence electrons. The first-order valence-corrected chi connectivity index (χ1v) is 7.75. The van der Waals surface area contributed by atoms with Gasteiger partial charge in [-0.3, -0.25) is 4.79 Å². The van der Waals surface area contributed by atoms with E-state index < -0.39 is 0 Å². The summed E-state index contributed by atoms with van der Waals surface area (Å²) in [6.07, 6.45) is 2.08. The van der Waals surface area contributed by atoms with Crippen molar-refractivity contribution < 1.29 is 14.3 Å². The topological polar surface area (TPSA) is 64.8 Å². The van der Waals surface area contributed by atoms with Crippen LogP contribution in [-0.4, -0.2) is 44.2 Å². The van der Waals surface area contributed by atoms with Gasteiger partial charge in [0, 0.05) is 30.3 Å². The molecule has 1 aromatic rings. The van der Waals surface area contributed by atoms with E-state index in [-0.39, 0.29) is 24.4 Å². The minimum absolute atomic E-state index is 0. The number of methoxy groups -OCH3 is 2. The SMILES string of the molecule is COc1cc(C(=O)N2CCCC(C(C)N)C2)cc(OC)c1C.Cl. The zero-order chi connectivity index (χ0) is 16.3. The van der Waals surface area contributed by atoms with Crippen LogP contribution in [0, 0.1) is 12.8 Å². The number of carbonyl (C=O) groups is 1. The highest BCUT2D eigenvalue weighted by Gasteiger charge is 2.27. The van der Waals surface area contributed by atoms with E-state index in [0.29, 0.717) is 23.0 Å². The van der Waals surface area contributed by atoms with E-state index in [0.717, 1.165) is 31.5 Å². The monoisotopic (exact) mass is 342 g/mol. The molecule has 0 aliphatic carbocycles. The number of nitrogens with two attached hydrogens (primary N) is 1. The van der Waals surface area contributed by atoms with Crippen molar-refractivity contribution in [3.8, 4) is 11.5 Å². The van der Waals surface area contributed by atoms with Crippen LogP contribution < -0.4 is 15.2 Å². The molecule has 23 heavy (non-hydrogen) atoms. The van der Waals surface area contributed by atoms with Gasteiger partial charge in [0.15, 0.2) is 0 Å². The molecule has 1 aromatic carbocycles. The van der Waals surface area contributed by atoms with Gasteiger partial charge in [0.1, 0.15) is 11.5 Å². The van der Waals surface area contributed by atoms with E-state index in [2.05, 4.69) is 0 Å². The van der Waals surface area contributed by atoms with Crippen molar-refractivity contribution >= 4 is 18.3 Å². The maximum Gasteiger partial charge on any atom is 0.254 e. The lowest BCUT2D eigenvalue weighted by atomic mass is 9.92. The Labute approximate surface area is 144 Å². The predicted octanol–water partition coefficient (Wildman–Crippen LogP) is 2.63. The highest BCUT2D eigenvalue weighted by atomic mass is 35.5. The summed E-state index contributed by atoms with van der Waals surface area (Å²) < 4.78 is 10.7. The Hall–Kier alpha value is -1.46. The molecule has 2 rings (SSSR count). The molecule has 1 aliphatic heterocycles. The van der Waals surface area contributed by atoms with Crippen molar-refractivity contribution in [1.82, 2.24) is 4.90 Å². The summed E-state index contributed by atoms with van der Waals surface area (Å²) in [6, 6.07) is 3.68. The molecule has 6 heteroatoms. The minimum atomic E-state index is 0. The number of rotatable bonds is 4. The van der Waals surface area contributed by atoms with E-state index in [9.17, 15) is 4.79 Å². The molecule has 1 heterocycles. The average molecular weight is 343 g/mol. The number of halogens is 1. The van der Waals surface area contributed by atoms with Gasteiger partial charge in [-0.2, -0.15) is 0 Å². The molecular weight excluding hydrogens is 316 g/mol. The molecule has 0 bridgehead atoms. The van der Waals surface area contributed by atoms with Crippen molar-refractivity contribution in [2.45, 2.75) is 32.7 Å². The lowest BCUT2D eigenvalue weighted by Crippen LogP contribution is -2.45. The maximum absolute atomic E-state index is 12.8. The van der Waals surface area contributed by atoms with Crippen molar-refractivity contribution in [3.63, 3.8) is 0 Å². The van der Waals surface area contributed by atoms with E-state index in [4.69, 9.17) is 15.2 Å². The van der Waals surface area contributed by atoms with E-state index in [1.807, 2.05) is 18.7 Å². The van der Waals surface area contributed by atoms with Gasteiger partial charge >= 0.3 is 0 Å². The first-order valence-electron chi connectivity index (χ1n) is 7.75. The lowest BCUT2D eigenvalue weighted by Gasteiger charge is -2.34. The number of likely N-dealkylation sites (tertiary alicyclic amines) is 1. The Morgan fingerprint density at radius 3 is 2.35 bits per heavy atom. The van der Waals surface area contributed by atoms with Crippen LogP contribution in [0.15, 0.2) is 12.1 Å². The number of benzene rings is 1. The van der Waals surface area contributed by atoms with Gasteiger partial charge in [0.05, 0.1) is 14.2 Å². The maximum atomic E-state index is 12.8. The van der Waals surface area contributed by atoms with Crippen LogP contribution in [0.4, 0.5) is 0 Å². The fraction of sp³-hybridized carbons (Fsp3) is 0.588. The number of hydrogen-bond donors (Lipinski definition) is 1. The molecule has 0 aromatic heterocycles. The van der Waals surface area contributed by atoms with Gasteiger partial charge in [0.2, 0.25) is 0 Å². The first kappa shape index (κ1) is 19.6. The molecule has 5 nitrogen and oxygen atoms in total. The number of hydrogen-bond acceptors (Lipinski definition) is 4.